The van der Waals surface area contributed by atoms with Gasteiger partial charge in [-0.05, 0) is 6.07 Å². The average Bonchev–Trinajstić information content (AvgIpc) is 3.11. The van der Waals surface area contributed by atoms with Gasteiger partial charge in [0.25, 0.3) is 5.91 Å². The summed E-state index contributed by atoms with van der Waals surface area (Å²) in [7, 11) is 0. The number of hydrogen-bond acceptors (Lipinski definition) is 6. The summed E-state index contributed by atoms with van der Waals surface area (Å²) in [6.07, 6.45) is 3.76. The van der Waals surface area contributed by atoms with E-state index in [0.29, 0.717) is 29.4 Å². The first kappa shape index (κ1) is 16.4. The van der Waals surface area contributed by atoms with Crippen molar-refractivity contribution >= 4 is 34.2 Å². The van der Waals surface area contributed by atoms with Gasteiger partial charge in [-0.2, -0.15) is 13.2 Å². The maximum atomic E-state index is 12.9. The Bertz CT molecular complexity index is 1050. The summed E-state index contributed by atoms with van der Waals surface area (Å²) in [4.78, 5) is 28.6. The number of aromatic nitrogens is 4. The number of carbonyl (C=O) groups is 1. The lowest BCUT2D eigenvalue weighted by molar-refractivity contribution is -0.134. The number of thiazole rings is 1. The summed E-state index contributed by atoms with van der Waals surface area (Å²) in [6.45, 7) is 0.331. The van der Waals surface area contributed by atoms with E-state index in [0.717, 1.165) is 6.20 Å². The van der Waals surface area contributed by atoms with Gasteiger partial charge in [0.1, 0.15) is 16.4 Å². The van der Waals surface area contributed by atoms with Crippen LogP contribution in [0, 0.1) is 0 Å². The molecule has 0 fully saturated rings. The number of fused-ring (bicyclic) bond motifs is 1. The van der Waals surface area contributed by atoms with Gasteiger partial charge in [-0.1, -0.05) is 11.3 Å². The van der Waals surface area contributed by atoms with E-state index in [2.05, 4.69) is 19.9 Å². The molecular weight excluding hydrogens is 369 g/mol. The van der Waals surface area contributed by atoms with Crippen molar-refractivity contribution < 1.29 is 18.0 Å². The Labute approximate surface area is 148 Å². The fourth-order valence-corrected chi connectivity index (χ4v) is 3.19. The van der Waals surface area contributed by atoms with E-state index in [1.165, 1.54) is 29.1 Å². The minimum Gasteiger partial charge on any atom is -0.327 e. The molecular formula is C15H9F3N6OS. The fraction of sp³-hybridized carbons (Fsp3) is 0.133. The number of nitrogens with zero attached hydrogens (tertiary/aromatic N) is 6. The third kappa shape index (κ3) is 2.96. The van der Waals surface area contributed by atoms with Crippen molar-refractivity contribution in [3.63, 3.8) is 0 Å². The Hall–Kier alpha value is -3.08. The van der Waals surface area contributed by atoms with E-state index < -0.39 is 11.1 Å². The van der Waals surface area contributed by atoms with Crippen LogP contribution in [0.15, 0.2) is 41.9 Å². The summed E-state index contributed by atoms with van der Waals surface area (Å²) in [6, 6.07) is 1.63. The minimum absolute atomic E-state index is 0.203. The standard InChI is InChI=1S/C15H9F3N6OS/c16-15(17,18)10-8-24-9(7-21-14(24)26-10)13-20-3-1-11(22-13)23-5-2-12(25)19-4-6-23/h1-5,7-8H,6H2. The van der Waals surface area contributed by atoms with E-state index in [1.807, 2.05) is 0 Å². The van der Waals surface area contributed by atoms with Crippen LogP contribution in [0.25, 0.3) is 16.5 Å². The number of alkyl halides is 3. The largest absolute Gasteiger partial charge is 0.427 e. The van der Waals surface area contributed by atoms with Crippen molar-refractivity contribution in [2.75, 3.05) is 11.4 Å². The van der Waals surface area contributed by atoms with Crippen molar-refractivity contribution in [2.45, 2.75) is 6.18 Å². The average molecular weight is 378 g/mol. The zero-order valence-electron chi connectivity index (χ0n) is 12.9. The molecule has 0 saturated heterocycles. The molecule has 132 valence electrons. The van der Waals surface area contributed by atoms with Crippen molar-refractivity contribution in [2.24, 2.45) is 4.99 Å². The molecule has 0 aromatic carbocycles. The minimum atomic E-state index is -4.44. The second-order valence-corrected chi connectivity index (χ2v) is 6.25. The molecule has 0 bridgehead atoms. The number of rotatable bonds is 2. The molecule has 4 rings (SSSR count). The summed E-state index contributed by atoms with van der Waals surface area (Å²) >= 11 is 0.550. The summed E-state index contributed by atoms with van der Waals surface area (Å²) in [5.74, 6) is 0.327. The number of carbonyl (C=O) groups excluding carboxylic acids is 1. The van der Waals surface area contributed by atoms with Crippen LogP contribution in [0.4, 0.5) is 19.0 Å². The second kappa shape index (κ2) is 6.02. The van der Waals surface area contributed by atoms with Crippen LogP contribution in [0.5, 0.6) is 0 Å². The van der Waals surface area contributed by atoms with Crippen LogP contribution in [0.2, 0.25) is 0 Å². The number of anilines is 1. The highest BCUT2D eigenvalue weighted by atomic mass is 32.1. The van der Waals surface area contributed by atoms with Gasteiger partial charge in [-0.15, -0.1) is 0 Å². The molecule has 1 aliphatic heterocycles. The van der Waals surface area contributed by atoms with Crippen LogP contribution < -0.4 is 4.90 Å². The van der Waals surface area contributed by atoms with Crippen molar-refractivity contribution in [3.8, 4) is 11.5 Å². The molecule has 0 atom stereocenters. The Morgan fingerprint density at radius 2 is 2.08 bits per heavy atom. The van der Waals surface area contributed by atoms with Gasteiger partial charge in [0, 0.05) is 30.9 Å². The van der Waals surface area contributed by atoms with Gasteiger partial charge in [0.2, 0.25) is 0 Å². The maximum absolute atomic E-state index is 12.9. The molecule has 0 radical (unpaired) electrons. The number of imidazole rings is 1. The van der Waals surface area contributed by atoms with Gasteiger partial charge >= 0.3 is 6.18 Å². The smallest absolute Gasteiger partial charge is 0.327 e. The molecule has 4 heterocycles. The zero-order valence-corrected chi connectivity index (χ0v) is 13.7. The summed E-state index contributed by atoms with van der Waals surface area (Å²) in [5.41, 5.74) is 0.345. The first-order valence-corrected chi connectivity index (χ1v) is 8.12. The normalized spacial score (nSPS) is 15.0. The van der Waals surface area contributed by atoms with E-state index in [4.69, 9.17) is 0 Å². The molecule has 1 aliphatic rings. The molecule has 7 nitrogen and oxygen atoms in total. The lowest BCUT2D eigenvalue weighted by atomic mass is 10.4. The van der Waals surface area contributed by atoms with E-state index >= 15 is 0 Å². The molecule has 3 aromatic heterocycles. The lowest BCUT2D eigenvalue weighted by Gasteiger charge is -2.16. The molecule has 26 heavy (non-hydrogen) atoms. The molecule has 11 heteroatoms. The van der Waals surface area contributed by atoms with Crippen LogP contribution in [-0.2, 0) is 11.0 Å². The van der Waals surface area contributed by atoms with Gasteiger partial charge in [-0.3, -0.25) is 9.20 Å². The van der Waals surface area contributed by atoms with Gasteiger partial charge < -0.3 is 4.90 Å². The number of halogens is 3. The Balaban J connectivity index is 1.74. The van der Waals surface area contributed by atoms with Crippen molar-refractivity contribution in [1.82, 2.24) is 19.4 Å². The maximum Gasteiger partial charge on any atom is 0.427 e. The van der Waals surface area contributed by atoms with Crippen LogP contribution in [-0.4, -0.2) is 38.0 Å². The van der Waals surface area contributed by atoms with Crippen molar-refractivity contribution in [3.05, 3.63) is 41.8 Å². The van der Waals surface area contributed by atoms with Gasteiger partial charge in [-0.25, -0.2) is 19.9 Å². The Morgan fingerprint density at radius 3 is 2.88 bits per heavy atom. The zero-order chi connectivity index (χ0) is 18.3. The van der Waals surface area contributed by atoms with Gasteiger partial charge in [0.15, 0.2) is 10.8 Å². The lowest BCUT2D eigenvalue weighted by Crippen LogP contribution is -2.19. The predicted octanol–water partition coefficient (Wildman–Crippen LogP) is 2.80. The highest BCUT2D eigenvalue weighted by Crippen LogP contribution is 2.36. The topological polar surface area (TPSA) is 75.8 Å². The molecule has 3 aromatic rings. The monoisotopic (exact) mass is 378 g/mol. The molecule has 0 saturated carbocycles. The fourth-order valence-electron chi connectivity index (χ4n) is 2.36. The third-order valence-corrected chi connectivity index (χ3v) is 4.59. The first-order valence-electron chi connectivity index (χ1n) is 7.31. The van der Waals surface area contributed by atoms with Crippen LogP contribution >= 0.6 is 11.3 Å². The van der Waals surface area contributed by atoms with E-state index in [9.17, 15) is 18.0 Å². The number of aliphatic imine (C=N–C) groups is 1. The number of hydrogen-bond donors (Lipinski definition) is 0. The quantitative estimate of drug-likeness (QED) is 0.685. The summed E-state index contributed by atoms with van der Waals surface area (Å²) < 4.78 is 40.0. The van der Waals surface area contributed by atoms with Crippen molar-refractivity contribution in [1.29, 1.82) is 0 Å². The molecule has 1 amide bonds. The first-order chi connectivity index (χ1) is 12.4. The van der Waals surface area contributed by atoms with E-state index in [-0.39, 0.29) is 16.7 Å². The highest BCUT2D eigenvalue weighted by Gasteiger charge is 2.34. The molecule has 0 aliphatic carbocycles. The highest BCUT2D eigenvalue weighted by molar-refractivity contribution is 7.17. The molecule has 0 unspecified atom stereocenters. The predicted molar refractivity (Wildman–Crippen MR) is 89.1 cm³/mol. The van der Waals surface area contributed by atoms with Crippen LogP contribution in [0.3, 0.4) is 0 Å². The number of amides is 1. The van der Waals surface area contributed by atoms with Crippen LogP contribution in [0.1, 0.15) is 4.88 Å². The Morgan fingerprint density at radius 1 is 1.23 bits per heavy atom. The Kier molecular flexibility index (Phi) is 3.80. The SMILES string of the molecule is O=C1C=CN(c2ccnc(-c3cnc4sc(C(F)(F)F)cn34)n2)CC=N1. The summed E-state index contributed by atoms with van der Waals surface area (Å²) in [5, 5.41) is 0. The second-order valence-electron chi connectivity index (χ2n) is 5.25. The van der Waals surface area contributed by atoms with Gasteiger partial charge in [0.05, 0.1) is 12.7 Å². The molecule has 0 spiro atoms. The van der Waals surface area contributed by atoms with E-state index in [1.54, 1.807) is 17.2 Å². The third-order valence-electron chi connectivity index (χ3n) is 3.55. The molecule has 0 N–H and O–H groups in total.